The number of halogens is 1. The van der Waals surface area contributed by atoms with Crippen molar-refractivity contribution < 1.29 is 17.9 Å². The second kappa shape index (κ2) is 6.83. The zero-order valence-corrected chi connectivity index (χ0v) is 14.7. The number of aliphatic hydroxyl groups is 1. The lowest BCUT2D eigenvalue weighted by atomic mass is 10.3. The first-order chi connectivity index (χ1) is 11.4. The van der Waals surface area contributed by atoms with Crippen LogP contribution in [0, 0.1) is 12.7 Å². The van der Waals surface area contributed by atoms with Gasteiger partial charge in [0.15, 0.2) is 0 Å². The largest absolute Gasteiger partial charge is 0.395 e. The lowest BCUT2D eigenvalue weighted by Gasteiger charge is -2.32. The summed E-state index contributed by atoms with van der Waals surface area (Å²) in [6, 6.07) is 5.25. The van der Waals surface area contributed by atoms with E-state index in [0.29, 0.717) is 29.4 Å². The Kier molecular flexibility index (Phi) is 4.95. The number of aromatic nitrogens is 2. The number of hydrogen-bond donors (Lipinski definition) is 1. The van der Waals surface area contributed by atoms with Gasteiger partial charge in [-0.25, -0.2) is 17.5 Å². The molecule has 3 rings (SSSR count). The van der Waals surface area contributed by atoms with Crippen molar-refractivity contribution in [2.24, 2.45) is 0 Å². The summed E-state index contributed by atoms with van der Waals surface area (Å²) in [5.41, 5.74) is 1.04. The molecule has 1 aliphatic heterocycles. The highest BCUT2D eigenvalue weighted by Crippen LogP contribution is 2.27. The molecule has 0 bridgehead atoms. The molecule has 1 N–H and O–H groups in total. The zero-order valence-electron chi connectivity index (χ0n) is 13.1. The number of sulfonamides is 1. The number of aliphatic hydroxyl groups excluding tert-OH is 1. The molecule has 1 saturated heterocycles. The molecule has 6 nitrogen and oxygen atoms in total. The fraction of sp³-hybridized carbons (Fsp3) is 0.400. The van der Waals surface area contributed by atoms with Gasteiger partial charge in [0.2, 0.25) is 10.0 Å². The Morgan fingerprint density at radius 1 is 1.38 bits per heavy atom. The van der Waals surface area contributed by atoms with E-state index < -0.39 is 16.1 Å². The smallest absolute Gasteiger partial charge is 0.246 e. The van der Waals surface area contributed by atoms with Gasteiger partial charge in [0.25, 0.3) is 0 Å². The van der Waals surface area contributed by atoms with Gasteiger partial charge in [-0.3, -0.25) is 0 Å². The lowest BCUT2D eigenvalue weighted by Crippen LogP contribution is -2.47. The molecule has 1 atom stereocenters. The molecule has 0 aliphatic carbocycles. The van der Waals surface area contributed by atoms with Crippen LogP contribution in [0.1, 0.15) is 5.69 Å². The predicted molar refractivity (Wildman–Crippen MR) is 90.3 cm³/mol. The van der Waals surface area contributed by atoms with Crippen molar-refractivity contribution in [1.82, 2.24) is 14.1 Å². The molecule has 1 aromatic carbocycles. The predicted octanol–water partition coefficient (Wildman–Crippen LogP) is 1.42. The monoisotopic (exact) mass is 371 g/mol. The van der Waals surface area contributed by atoms with Gasteiger partial charge in [-0.05, 0) is 31.2 Å². The molecular weight excluding hydrogens is 353 g/mol. The number of hydrogen-bond acceptors (Lipinski definition) is 5. The minimum Gasteiger partial charge on any atom is -0.395 e. The molecule has 1 aliphatic rings. The van der Waals surface area contributed by atoms with Gasteiger partial charge in [-0.15, -0.1) is 0 Å². The van der Waals surface area contributed by atoms with Gasteiger partial charge < -0.3 is 5.11 Å². The third kappa shape index (κ3) is 3.08. The van der Waals surface area contributed by atoms with E-state index in [1.807, 2.05) is 0 Å². The number of thioether (sulfide) groups is 1. The average Bonchev–Trinajstić information content (AvgIpc) is 2.98. The van der Waals surface area contributed by atoms with E-state index in [-0.39, 0.29) is 17.3 Å². The maximum Gasteiger partial charge on any atom is 0.246 e. The van der Waals surface area contributed by atoms with Crippen molar-refractivity contribution in [2.45, 2.75) is 17.9 Å². The highest BCUT2D eigenvalue weighted by Gasteiger charge is 2.35. The second-order valence-corrected chi connectivity index (χ2v) is 8.52. The van der Waals surface area contributed by atoms with Crippen LogP contribution in [0.5, 0.6) is 0 Å². The minimum absolute atomic E-state index is 0.108. The highest BCUT2D eigenvalue weighted by molar-refractivity contribution is 7.99. The molecule has 1 fully saturated rings. The van der Waals surface area contributed by atoms with Crippen LogP contribution in [0.15, 0.2) is 35.4 Å². The average molecular weight is 371 g/mol. The Balaban J connectivity index is 1.99. The van der Waals surface area contributed by atoms with Gasteiger partial charge >= 0.3 is 0 Å². The van der Waals surface area contributed by atoms with Crippen molar-refractivity contribution >= 4 is 21.8 Å². The first kappa shape index (κ1) is 17.4. The van der Waals surface area contributed by atoms with Crippen LogP contribution in [0.4, 0.5) is 4.39 Å². The SMILES string of the molecule is Cc1c(S(=O)(=O)N2CCSC[C@@H]2CO)cnn1-c1ccc(F)cc1. The standard InChI is InChI=1S/C15H18FN3O3S2/c1-11-15(8-17-19(11)13-4-2-12(16)3-5-13)24(21,22)18-6-7-23-10-14(18)9-20/h2-5,8,14,20H,6-7,9-10H2,1H3/t14-/m0/s1. The molecule has 130 valence electrons. The summed E-state index contributed by atoms with van der Waals surface area (Å²) in [4.78, 5) is 0.108. The van der Waals surface area contributed by atoms with Gasteiger partial charge in [0, 0.05) is 18.1 Å². The molecule has 0 amide bonds. The lowest BCUT2D eigenvalue weighted by molar-refractivity contribution is 0.202. The molecule has 0 radical (unpaired) electrons. The molecule has 2 heterocycles. The number of nitrogens with zero attached hydrogens (tertiary/aromatic N) is 3. The highest BCUT2D eigenvalue weighted by atomic mass is 32.2. The first-order valence-corrected chi connectivity index (χ1v) is 10.1. The van der Waals surface area contributed by atoms with E-state index in [1.165, 1.54) is 27.3 Å². The van der Waals surface area contributed by atoms with Crippen molar-refractivity contribution in [3.8, 4) is 5.69 Å². The molecule has 24 heavy (non-hydrogen) atoms. The summed E-state index contributed by atoms with van der Waals surface area (Å²) in [6.45, 7) is 1.81. The van der Waals surface area contributed by atoms with E-state index in [1.54, 1.807) is 30.8 Å². The maximum atomic E-state index is 13.1. The molecule has 0 saturated carbocycles. The van der Waals surface area contributed by atoms with Gasteiger partial charge in [-0.2, -0.15) is 21.2 Å². The van der Waals surface area contributed by atoms with Crippen LogP contribution in [-0.4, -0.2) is 58.3 Å². The third-order valence-corrected chi connectivity index (χ3v) is 7.15. The van der Waals surface area contributed by atoms with Crippen LogP contribution in [-0.2, 0) is 10.0 Å². The molecule has 9 heteroatoms. The summed E-state index contributed by atoms with van der Waals surface area (Å²) < 4.78 is 41.8. The normalized spacial score (nSPS) is 19.5. The Morgan fingerprint density at radius 3 is 2.75 bits per heavy atom. The van der Waals surface area contributed by atoms with Crippen LogP contribution >= 0.6 is 11.8 Å². The van der Waals surface area contributed by atoms with E-state index >= 15 is 0 Å². The number of rotatable bonds is 4. The third-order valence-electron chi connectivity index (χ3n) is 4.01. The summed E-state index contributed by atoms with van der Waals surface area (Å²) >= 11 is 1.63. The quantitative estimate of drug-likeness (QED) is 0.880. The summed E-state index contributed by atoms with van der Waals surface area (Å²) in [5, 5.41) is 13.6. The van der Waals surface area contributed by atoms with Crippen LogP contribution < -0.4 is 0 Å². The van der Waals surface area contributed by atoms with Crippen LogP contribution in [0.25, 0.3) is 5.69 Å². The Hall–Kier alpha value is -1.42. The topological polar surface area (TPSA) is 75.4 Å². The van der Waals surface area contributed by atoms with Crippen molar-refractivity contribution in [3.05, 3.63) is 42.0 Å². The fourth-order valence-electron chi connectivity index (χ4n) is 2.72. The van der Waals surface area contributed by atoms with E-state index in [4.69, 9.17) is 0 Å². The molecular formula is C15H18FN3O3S2. The van der Waals surface area contributed by atoms with Crippen LogP contribution in [0.2, 0.25) is 0 Å². The molecule has 0 spiro atoms. The zero-order chi connectivity index (χ0) is 17.3. The first-order valence-electron chi connectivity index (χ1n) is 7.46. The fourth-order valence-corrected chi connectivity index (χ4v) is 5.73. The summed E-state index contributed by atoms with van der Waals surface area (Å²) in [6.07, 6.45) is 1.31. The van der Waals surface area contributed by atoms with Gasteiger partial charge in [-0.1, -0.05) is 0 Å². The van der Waals surface area contributed by atoms with Crippen molar-refractivity contribution in [3.63, 3.8) is 0 Å². The number of benzene rings is 1. The van der Waals surface area contributed by atoms with Crippen molar-refractivity contribution in [1.29, 1.82) is 0 Å². The van der Waals surface area contributed by atoms with E-state index in [9.17, 15) is 17.9 Å². The maximum absolute atomic E-state index is 13.1. The van der Waals surface area contributed by atoms with Crippen LogP contribution in [0.3, 0.4) is 0 Å². The Morgan fingerprint density at radius 2 is 2.08 bits per heavy atom. The minimum atomic E-state index is -3.75. The Labute approximate surface area is 144 Å². The van der Waals surface area contributed by atoms with E-state index in [0.717, 1.165) is 0 Å². The second-order valence-electron chi connectivity index (χ2n) is 5.51. The Bertz CT molecular complexity index is 821. The molecule has 2 aromatic rings. The summed E-state index contributed by atoms with van der Waals surface area (Å²) in [5.74, 6) is 0.898. The van der Waals surface area contributed by atoms with Gasteiger partial charge in [0.05, 0.1) is 30.2 Å². The van der Waals surface area contributed by atoms with Gasteiger partial charge in [0.1, 0.15) is 10.7 Å². The summed E-state index contributed by atoms with van der Waals surface area (Å²) in [7, 11) is -3.75. The van der Waals surface area contributed by atoms with E-state index in [2.05, 4.69) is 5.10 Å². The molecule has 1 aromatic heterocycles. The molecule has 0 unspecified atom stereocenters. The van der Waals surface area contributed by atoms with Crippen molar-refractivity contribution in [2.75, 3.05) is 24.7 Å².